The minimum Gasteiger partial charge on any atom is -0.493 e. The monoisotopic (exact) mass is 470 g/mol. The number of halogens is 1. The zero-order valence-corrected chi connectivity index (χ0v) is 19.8. The molecule has 1 amide bonds. The molecule has 2 aromatic carbocycles. The van der Waals surface area contributed by atoms with E-state index in [9.17, 15) is 9.18 Å². The van der Waals surface area contributed by atoms with Crippen LogP contribution in [0, 0.1) is 5.82 Å². The van der Waals surface area contributed by atoms with Crippen LogP contribution in [-0.2, 0) is 4.79 Å². The maximum absolute atomic E-state index is 14.3. The van der Waals surface area contributed by atoms with Crippen LogP contribution in [0.2, 0.25) is 0 Å². The van der Waals surface area contributed by atoms with Gasteiger partial charge in [0.15, 0.2) is 16.7 Å². The maximum Gasteiger partial charge on any atom is 0.267 e. The predicted molar refractivity (Wildman–Crippen MR) is 129 cm³/mol. The summed E-state index contributed by atoms with van der Waals surface area (Å²) in [5.41, 5.74) is 0.957. The Labute approximate surface area is 197 Å². The van der Waals surface area contributed by atoms with E-state index in [0.717, 1.165) is 31.2 Å². The molecule has 2 fully saturated rings. The molecule has 8 heteroatoms. The number of amides is 1. The summed E-state index contributed by atoms with van der Waals surface area (Å²) >= 11 is 1.26. The highest BCUT2D eigenvalue weighted by atomic mass is 32.2. The quantitative estimate of drug-likeness (QED) is 0.500. The molecule has 0 atom stereocenters. The van der Waals surface area contributed by atoms with Crippen molar-refractivity contribution in [3.8, 4) is 17.2 Å². The topological polar surface area (TPSA) is 60.4 Å². The summed E-state index contributed by atoms with van der Waals surface area (Å²) in [7, 11) is 4.64. The highest BCUT2D eigenvalue weighted by Crippen LogP contribution is 2.42. The van der Waals surface area contributed by atoms with Gasteiger partial charge in [-0.1, -0.05) is 31.4 Å². The Kier molecular flexibility index (Phi) is 7.23. The van der Waals surface area contributed by atoms with Crippen LogP contribution in [0.5, 0.6) is 17.2 Å². The van der Waals surface area contributed by atoms with E-state index >= 15 is 0 Å². The summed E-state index contributed by atoms with van der Waals surface area (Å²) in [6, 6.07) is 10.0. The van der Waals surface area contributed by atoms with Crippen molar-refractivity contribution in [1.82, 2.24) is 4.90 Å². The highest BCUT2D eigenvalue weighted by molar-refractivity contribution is 8.18. The molecule has 1 saturated carbocycles. The molecule has 1 aliphatic heterocycles. The Morgan fingerprint density at radius 1 is 1.03 bits per heavy atom. The fourth-order valence-electron chi connectivity index (χ4n) is 4.21. The van der Waals surface area contributed by atoms with E-state index in [0.29, 0.717) is 27.3 Å². The first kappa shape index (κ1) is 23.2. The smallest absolute Gasteiger partial charge is 0.267 e. The van der Waals surface area contributed by atoms with Crippen molar-refractivity contribution >= 4 is 34.6 Å². The third-order valence-corrected chi connectivity index (χ3v) is 6.81. The Hall–Kier alpha value is -3.00. The molecular weight excluding hydrogens is 443 g/mol. The van der Waals surface area contributed by atoms with Gasteiger partial charge in [-0.3, -0.25) is 9.69 Å². The van der Waals surface area contributed by atoms with E-state index in [4.69, 9.17) is 14.2 Å². The van der Waals surface area contributed by atoms with Crippen LogP contribution >= 0.6 is 11.8 Å². The molecule has 0 unspecified atom stereocenters. The van der Waals surface area contributed by atoms with Crippen LogP contribution in [0.3, 0.4) is 0 Å². The third-order valence-electron chi connectivity index (χ3n) is 5.83. The van der Waals surface area contributed by atoms with Crippen LogP contribution in [0.4, 0.5) is 10.1 Å². The Bertz CT molecular complexity index is 1070. The molecule has 0 bridgehead atoms. The molecule has 6 nitrogen and oxygen atoms in total. The van der Waals surface area contributed by atoms with E-state index in [1.165, 1.54) is 24.2 Å². The van der Waals surface area contributed by atoms with E-state index in [1.807, 2.05) is 0 Å². The van der Waals surface area contributed by atoms with Gasteiger partial charge in [0.25, 0.3) is 5.91 Å². The van der Waals surface area contributed by atoms with E-state index in [2.05, 4.69) is 4.99 Å². The number of aliphatic imine (C=N–C) groups is 1. The molecule has 0 aromatic heterocycles. The maximum atomic E-state index is 14.3. The van der Waals surface area contributed by atoms with Gasteiger partial charge in [-0.25, -0.2) is 9.38 Å². The van der Waals surface area contributed by atoms with Crippen LogP contribution in [0.25, 0.3) is 6.08 Å². The Morgan fingerprint density at radius 3 is 2.30 bits per heavy atom. The summed E-state index contributed by atoms with van der Waals surface area (Å²) in [5.74, 6) is 0.963. The van der Waals surface area contributed by atoms with Gasteiger partial charge >= 0.3 is 0 Å². The first-order valence-corrected chi connectivity index (χ1v) is 11.7. The van der Waals surface area contributed by atoms with Gasteiger partial charge in [0, 0.05) is 6.04 Å². The molecule has 2 aromatic rings. The largest absolute Gasteiger partial charge is 0.493 e. The van der Waals surface area contributed by atoms with Gasteiger partial charge in [0.2, 0.25) is 5.75 Å². The standard InChI is InChI=1S/C25H27FN2O4S/c1-30-20-13-16(14-21(31-2)23(20)32-3)15-22-24(29)28(17-9-5-4-6-10-17)25(33-22)27-19-12-8-7-11-18(19)26/h7-8,11-15,17H,4-6,9-10H2,1-3H3/b22-15-,27-25?. The number of hydrogen-bond donors (Lipinski definition) is 0. The minimum atomic E-state index is -0.413. The van der Waals surface area contributed by atoms with Crippen LogP contribution in [-0.4, -0.2) is 43.3 Å². The predicted octanol–water partition coefficient (Wildman–Crippen LogP) is 5.79. The number of benzene rings is 2. The minimum absolute atomic E-state index is 0.0649. The number of nitrogens with zero attached hydrogens (tertiary/aromatic N) is 2. The first-order valence-electron chi connectivity index (χ1n) is 10.9. The molecule has 0 N–H and O–H groups in total. The van der Waals surface area contributed by atoms with Crippen molar-refractivity contribution in [3.05, 3.63) is 52.7 Å². The van der Waals surface area contributed by atoms with Crippen molar-refractivity contribution in [2.75, 3.05) is 21.3 Å². The number of rotatable bonds is 6. The lowest BCUT2D eigenvalue weighted by atomic mass is 9.94. The van der Waals surface area contributed by atoms with Crippen LogP contribution < -0.4 is 14.2 Å². The Balaban J connectivity index is 1.75. The second-order valence-electron chi connectivity index (χ2n) is 7.88. The van der Waals surface area contributed by atoms with Gasteiger partial charge in [-0.05, 0) is 60.5 Å². The van der Waals surface area contributed by atoms with Crippen molar-refractivity contribution in [1.29, 1.82) is 0 Å². The molecule has 1 heterocycles. The van der Waals surface area contributed by atoms with E-state index in [1.54, 1.807) is 62.6 Å². The van der Waals surface area contributed by atoms with Crippen LogP contribution in [0.15, 0.2) is 46.3 Å². The van der Waals surface area contributed by atoms with Gasteiger partial charge in [0.1, 0.15) is 11.5 Å². The van der Waals surface area contributed by atoms with Crippen molar-refractivity contribution < 1.29 is 23.4 Å². The van der Waals surface area contributed by atoms with Crippen molar-refractivity contribution in [3.63, 3.8) is 0 Å². The third kappa shape index (κ3) is 4.85. The number of methoxy groups -OCH3 is 3. The molecule has 1 saturated heterocycles. The summed E-state index contributed by atoms with van der Waals surface area (Å²) in [4.78, 5) is 20.3. The van der Waals surface area contributed by atoms with Gasteiger partial charge in [-0.2, -0.15) is 0 Å². The normalized spacial score (nSPS) is 19.4. The number of thioether (sulfide) groups is 1. The molecule has 2 aliphatic rings. The molecule has 1 aliphatic carbocycles. The molecule has 33 heavy (non-hydrogen) atoms. The van der Waals surface area contributed by atoms with Gasteiger partial charge in [-0.15, -0.1) is 0 Å². The Morgan fingerprint density at radius 2 is 1.70 bits per heavy atom. The molecule has 0 radical (unpaired) electrons. The fraction of sp³-hybridized carbons (Fsp3) is 0.360. The fourth-order valence-corrected chi connectivity index (χ4v) is 5.26. The SMILES string of the molecule is COc1cc(/C=C2\SC(=Nc3ccccc3F)N(C3CCCCC3)C2=O)cc(OC)c1OC. The molecular formula is C25H27FN2O4S. The average Bonchev–Trinajstić information content (AvgIpc) is 3.14. The van der Waals surface area contributed by atoms with E-state index < -0.39 is 5.82 Å². The number of carbonyl (C=O) groups is 1. The molecule has 174 valence electrons. The summed E-state index contributed by atoms with van der Waals surface area (Å²) in [5, 5.41) is 0.510. The second-order valence-corrected chi connectivity index (χ2v) is 8.89. The lowest BCUT2D eigenvalue weighted by molar-refractivity contribution is -0.124. The average molecular weight is 471 g/mol. The van der Waals surface area contributed by atoms with Crippen molar-refractivity contribution in [2.45, 2.75) is 38.1 Å². The molecule has 0 spiro atoms. The van der Waals surface area contributed by atoms with Crippen molar-refractivity contribution in [2.24, 2.45) is 4.99 Å². The lowest BCUT2D eigenvalue weighted by Crippen LogP contribution is -2.40. The number of hydrogen-bond acceptors (Lipinski definition) is 6. The lowest BCUT2D eigenvalue weighted by Gasteiger charge is -2.30. The number of carbonyl (C=O) groups excluding carboxylic acids is 1. The number of amidine groups is 1. The number of ether oxygens (including phenoxy) is 3. The van der Waals surface area contributed by atoms with Gasteiger partial charge in [0.05, 0.1) is 26.2 Å². The zero-order valence-electron chi connectivity index (χ0n) is 19.0. The van der Waals surface area contributed by atoms with Crippen LogP contribution in [0.1, 0.15) is 37.7 Å². The number of para-hydroxylation sites is 1. The molecule has 4 rings (SSSR count). The zero-order chi connectivity index (χ0) is 23.4. The van der Waals surface area contributed by atoms with Gasteiger partial charge < -0.3 is 14.2 Å². The highest BCUT2D eigenvalue weighted by Gasteiger charge is 2.38. The summed E-state index contributed by atoms with van der Waals surface area (Å²) in [6.45, 7) is 0. The summed E-state index contributed by atoms with van der Waals surface area (Å²) < 4.78 is 30.6. The summed E-state index contributed by atoms with van der Waals surface area (Å²) in [6.07, 6.45) is 6.92. The van der Waals surface area contributed by atoms with E-state index in [-0.39, 0.29) is 17.6 Å². The second kappa shape index (κ2) is 10.3. The first-order chi connectivity index (χ1) is 16.0.